The van der Waals surface area contributed by atoms with E-state index in [1.54, 1.807) is 11.0 Å². The fourth-order valence-electron chi connectivity index (χ4n) is 5.42. The van der Waals surface area contributed by atoms with Gasteiger partial charge in [-0.25, -0.2) is 4.79 Å². The second-order valence-corrected chi connectivity index (χ2v) is 19.4. The number of rotatable bonds is 10. The van der Waals surface area contributed by atoms with Crippen LogP contribution in [0.4, 0.5) is 4.79 Å². The van der Waals surface area contributed by atoms with E-state index in [2.05, 4.69) is 54.0 Å². The number of aromatic nitrogens is 3. The summed E-state index contributed by atoms with van der Waals surface area (Å²) in [7, 11) is -1.14. The SMILES string of the molecule is CC(C)(C)OC(=O)N1CCC(c2ccc(CC(=O)c3nc[n+](COCC[Si](C)(C)C)[nH]3)c(C3=CCCCC3)c2)CC1. The normalized spacial score (nSPS) is 16.9. The van der Waals surface area contributed by atoms with Crippen LogP contribution in [0.2, 0.25) is 25.7 Å². The van der Waals surface area contributed by atoms with Crippen LogP contribution in [0.25, 0.3) is 5.57 Å². The molecular weight excluding hydrogens is 532 g/mol. The molecule has 0 radical (unpaired) electrons. The number of Topliss-reactive ketones (excluding diaryl/α,β-unsaturated/α-hetero) is 1. The summed E-state index contributed by atoms with van der Waals surface area (Å²) >= 11 is 0. The number of carbonyl (C=O) groups excluding carboxylic acids is 2. The summed E-state index contributed by atoms with van der Waals surface area (Å²) in [6.45, 7) is 15.2. The Hall–Kier alpha value is -2.78. The Kier molecular flexibility index (Phi) is 10.2. The van der Waals surface area contributed by atoms with E-state index in [0.717, 1.165) is 43.9 Å². The number of piperidine rings is 1. The van der Waals surface area contributed by atoms with Gasteiger partial charge in [0.2, 0.25) is 12.5 Å². The Morgan fingerprint density at radius 1 is 1.15 bits per heavy atom. The van der Waals surface area contributed by atoms with Crippen molar-refractivity contribution in [3.63, 3.8) is 0 Å². The minimum atomic E-state index is -1.14. The van der Waals surface area contributed by atoms with Crippen LogP contribution in [-0.4, -0.2) is 60.2 Å². The standard InChI is InChI=1S/C32H48N4O4Si/c1-32(2,3)40-31(38)35-16-14-24(15-17-35)26-12-13-27(28(20-26)25-10-8-7-9-11-25)21-29(37)30-33-22-36(34-30)23-39-18-19-41(4,5)6/h10,12-13,20,22,24H,7-9,11,14-19,21,23H2,1-6H3/p+1. The van der Waals surface area contributed by atoms with Crippen LogP contribution in [0.1, 0.15) is 92.5 Å². The number of benzene rings is 1. The Balaban J connectivity index is 1.43. The molecule has 2 aliphatic rings. The minimum Gasteiger partial charge on any atom is -0.444 e. The lowest BCUT2D eigenvalue weighted by Gasteiger charge is -2.34. The van der Waals surface area contributed by atoms with Gasteiger partial charge in [0.25, 0.3) is 0 Å². The number of likely N-dealkylation sites (tertiary alicyclic amines) is 1. The fraction of sp³-hybridized carbons (Fsp3) is 0.625. The molecule has 4 rings (SSSR count). The highest BCUT2D eigenvalue weighted by atomic mass is 28.3. The average Bonchev–Trinajstić information content (AvgIpc) is 3.40. The first-order chi connectivity index (χ1) is 19.4. The van der Waals surface area contributed by atoms with E-state index in [0.29, 0.717) is 38.0 Å². The van der Waals surface area contributed by atoms with Crippen molar-refractivity contribution in [1.29, 1.82) is 0 Å². The van der Waals surface area contributed by atoms with Crippen LogP contribution in [0.5, 0.6) is 0 Å². The minimum absolute atomic E-state index is 0.0260. The van der Waals surface area contributed by atoms with Crippen LogP contribution < -0.4 is 4.68 Å². The van der Waals surface area contributed by atoms with Crippen molar-refractivity contribution in [2.75, 3.05) is 19.7 Å². The molecule has 41 heavy (non-hydrogen) atoms. The molecule has 0 atom stereocenters. The summed E-state index contributed by atoms with van der Waals surface area (Å²) < 4.78 is 13.1. The molecule has 1 saturated heterocycles. The quantitative estimate of drug-likeness (QED) is 0.150. The summed E-state index contributed by atoms with van der Waals surface area (Å²) in [4.78, 5) is 32.0. The van der Waals surface area contributed by atoms with E-state index >= 15 is 0 Å². The summed E-state index contributed by atoms with van der Waals surface area (Å²) in [6, 6.07) is 7.72. The highest BCUT2D eigenvalue weighted by Gasteiger charge is 2.28. The number of ketones is 1. The molecule has 1 aromatic carbocycles. The Morgan fingerprint density at radius 3 is 2.56 bits per heavy atom. The topological polar surface area (TPSA) is 88.4 Å². The number of hydrogen-bond acceptors (Lipinski definition) is 5. The molecule has 8 nitrogen and oxygen atoms in total. The number of carbonyl (C=O) groups is 2. The molecule has 0 unspecified atom stereocenters. The third kappa shape index (κ3) is 9.36. The Morgan fingerprint density at radius 2 is 1.90 bits per heavy atom. The van der Waals surface area contributed by atoms with E-state index < -0.39 is 13.7 Å². The Bertz CT molecular complexity index is 1230. The average molecular weight is 582 g/mol. The monoisotopic (exact) mass is 581 g/mol. The second kappa shape index (κ2) is 13.5. The maximum atomic E-state index is 13.3. The van der Waals surface area contributed by atoms with E-state index in [1.807, 2.05) is 25.7 Å². The number of allylic oxidation sites excluding steroid dienone is 2. The van der Waals surface area contributed by atoms with Crippen molar-refractivity contribution in [3.8, 4) is 0 Å². The Labute approximate surface area is 246 Å². The van der Waals surface area contributed by atoms with Gasteiger partial charge in [-0.1, -0.05) is 43.9 Å². The lowest BCUT2D eigenvalue weighted by Crippen LogP contribution is -2.41. The zero-order valence-corrected chi connectivity index (χ0v) is 26.9. The van der Waals surface area contributed by atoms with E-state index in [4.69, 9.17) is 9.47 Å². The van der Waals surface area contributed by atoms with Gasteiger partial charge in [0.1, 0.15) is 5.60 Å². The number of ether oxygens (including phenoxy) is 2. The molecule has 1 fully saturated rings. The number of H-pyrrole nitrogens is 1. The molecule has 1 aliphatic heterocycles. The summed E-state index contributed by atoms with van der Waals surface area (Å²) in [5.41, 5.74) is 4.39. The van der Waals surface area contributed by atoms with Crippen molar-refractivity contribution >= 4 is 25.5 Å². The number of nitrogens with zero attached hydrogens (tertiary/aromatic N) is 3. The molecule has 1 N–H and O–H groups in total. The van der Waals surface area contributed by atoms with Crippen LogP contribution in [0.3, 0.4) is 0 Å². The third-order valence-corrected chi connectivity index (χ3v) is 9.51. The van der Waals surface area contributed by atoms with Crippen molar-refractivity contribution < 1.29 is 23.7 Å². The first kappa shape index (κ1) is 31.2. The van der Waals surface area contributed by atoms with E-state index in [1.165, 1.54) is 29.5 Å². The highest BCUT2D eigenvalue weighted by molar-refractivity contribution is 6.76. The molecule has 1 aromatic heterocycles. The fourth-order valence-corrected chi connectivity index (χ4v) is 6.18. The van der Waals surface area contributed by atoms with Crippen LogP contribution in [0, 0.1) is 0 Å². The van der Waals surface area contributed by atoms with Gasteiger partial charge in [-0.15, -0.1) is 4.68 Å². The van der Waals surface area contributed by atoms with E-state index in [-0.39, 0.29) is 11.9 Å². The molecule has 1 aliphatic carbocycles. The largest absolute Gasteiger partial charge is 0.444 e. The van der Waals surface area contributed by atoms with Crippen LogP contribution >= 0.6 is 0 Å². The highest BCUT2D eigenvalue weighted by Crippen LogP contribution is 2.35. The van der Waals surface area contributed by atoms with E-state index in [9.17, 15) is 9.59 Å². The van der Waals surface area contributed by atoms with Crippen LogP contribution in [0.15, 0.2) is 30.6 Å². The molecular formula is C32H49N4O4Si+. The van der Waals surface area contributed by atoms with Gasteiger partial charge < -0.3 is 14.4 Å². The van der Waals surface area contributed by atoms with Gasteiger partial charge in [0.15, 0.2) is 0 Å². The maximum absolute atomic E-state index is 13.3. The molecule has 0 spiro atoms. The molecule has 0 bridgehead atoms. The molecule has 2 aromatic rings. The van der Waals surface area contributed by atoms with Crippen molar-refractivity contribution in [2.24, 2.45) is 0 Å². The smallest absolute Gasteiger partial charge is 0.410 e. The molecule has 0 saturated carbocycles. The van der Waals surface area contributed by atoms with Gasteiger partial charge in [-0.3, -0.25) is 4.79 Å². The number of amides is 1. The second-order valence-electron chi connectivity index (χ2n) is 13.8. The zero-order valence-electron chi connectivity index (χ0n) is 25.9. The molecule has 1 amide bonds. The summed E-state index contributed by atoms with van der Waals surface area (Å²) in [6.07, 6.45) is 10.4. The summed E-state index contributed by atoms with van der Waals surface area (Å²) in [5.74, 6) is 0.717. The summed E-state index contributed by atoms with van der Waals surface area (Å²) in [5, 5.41) is 3.11. The number of aromatic amines is 1. The predicted molar refractivity (Wildman–Crippen MR) is 164 cm³/mol. The van der Waals surface area contributed by atoms with Crippen molar-refractivity contribution in [1.82, 2.24) is 15.0 Å². The molecule has 224 valence electrons. The van der Waals surface area contributed by atoms with Crippen molar-refractivity contribution in [3.05, 3.63) is 53.1 Å². The maximum Gasteiger partial charge on any atom is 0.410 e. The van der Waals surface area contributed by atoms with Gasteiger partial charge in [0.05, 0.1) is 0 Å². The number of nitrogens with one attached hydrogen (secondary N) is 1. The lowest BCUT2D eigenvalue weighted by atomic mass is 9.83. The first-order valence-electron chi connectivity index (χ1n) is 15.2. The van der Waals surface area contributed by atoms with Gasteiger partial charge >= 0.3 is 18.2 Å². The van der Waals surface area contributed by atoms with Crippen LogP contribution in [-0.2, 0) is 22.6 Å². The molecule has 2 heterocycles. The van der Waals surface area contributed by atoms with Crippen molar-refractivity contribution in [2.45, 2.75) is 110 Å². The van der Waals surface area contributed by atoms with Gasteiger partial charge in [-0.05, 0) is 98.5 Å². The third-order valence-electron chi connectivity index (χ3n) is 7.81. The zero-order chi connectivity index (χ0) is 29.6. The van der Waals surface area contributed by atoms with Gasteiger partial charge in [0, 0.05) is 34.2 Å². The lowest BCUT2D eigenvalue weighted by molar-refractivity contribution is -0.782. The van der Waals surface area contributed by atoms with Gasteiger partial charge in [-0.2, -0.15) is 5.10 Å². The predicted octanol–water partition coefficient (Wildman–Crippen LogP) is 6.51. The molecule has 9 heteroatoms. The number of hydrogen-bond donors (Lipinski definition) is 1. The first-order valence-corrected chi connectivity index (χ1v) is 18.9.